The van der Waals surface area contributed by atoms with Crippen LogP contribution in [0, 0.1) is 0 Å². The average Bonchev–Trinajstić information content (AvgIpc) is 2.86. The van der Waals surface area contributed by atoms with Gasteiger partial charge in [0, 0.05) is 26.7 Å². The summed E-state index contributed by atoms with van der Waals surface area (Å²) < 4.78 is 17.7. The maximum Gasteiger partial charge on any atom is 0.189 e. The lowest BCUT2D eigenvalue weighted by Gasteiger charge is -2.17. The van der Waals surface area contributed by atoms with Crippen molar-refractivity contribution >= 4 is 24.0 Å². The fourth-order valence-electron chi connectivity index (χ4n) is 2.13. The van der Waals surface area contributed by atoms with Gasteiger partial charge in [-0.25, -0.2) is 0 Å². The molecule has 0 bridgehead atoms. The van der Waals surface area contributed by atoms with Crippen molar-refractivity contribution in [2.75, 3.05) is 20.0 Å². The molecule has 0 unspecified atom stereocenters. The first-order valence-electron chi connectivity index (χ1n) is 7.21. The van der Waals surface area contributed by atoms with Gasteiger partial charge in [-0.15, -0.1) is 0 Å². The van der Waals surface area contributed by atoms with Gasteiger partial charge in [0.25, 0.3) is 0 Å². The summed E-state index contributed by atoms with van der Waals surface area (Å²) in [7, 11) is -1.07. The Labute approximate surface area is 135 Å². The molecule has 0 spiro atoms. The van der Waals surface area contributed by atoms with Gasteiger partial charge in [-0.05, 0) is 33.6 Å². The van der Waals surface area contributed by atoms with Crippen molar-refractivity contribution in [1.82, 2.24) is 0 Å². The summed E-state index contributed by atoms with van der Waals surface area (Å²) in [5, 5.41) is 9.41. The van der Waals surface area contributed by atoms with Crippen molar-refractivity contribution < 1.29 is 19.3 Å². The highest BCUT2D eigenvalue weighted by molar-refractivity contribution is 9.10. The Kier molecular flexibility index (Phi) is 5.71. The van der Waals surface area contributed by atoms with Gasteiger partial charge in [0.05, 0.1) is 17.7 Å². The van der Waals surface area contributed by atoms with Crippen LogP contribution in [0.15, 0.2) is 10.5 Å². The summed E-state index contributed by atoms with van der Waals surface area (Å²) in [6.07, 6.45) is 0.823. The zero-order valence-corrected chi connectivity index (χ0v) is 15.5. The highest BCUT2D eigenvalue weighted by Crippen LogP contribution is 2.41. The Bertz CT molecular complexity index is 499. The summed E-state index contributed by atoms with van der Waals surface area (Å²) >= 11 is 3.51. The largest absolute Gasteiger partial charge is 0.493 e. The maximum atomic E-state index is 9.41. The lowest BCUT2D eigenvalue weighted by atomic mass is 10.1. The molecule has 6 heteroatoms. The molecular formula is C15H23BrO4Si. The van der Waals surface area contributed by atoms with E-state index in [2.05, 4.69) is 35.6 Å². The van der Waals surface area contributed by atoms with Crippen LogP contribution in [-0.2, 0) is 17.8 Å². The van der Waals surface area contributed by atoms with Crippen molar-refractivity contribution in [1.29, 1.82) is 0 Å². The molecule has 21 heavy (non-hydrogen) atoms. The lowest BCUT2D eigenvalue weighted by Crippen LogP contribution is -2.22. The van der Waals surface area contributed by atoms with Gasteiger partial charge < -0.3 is 19.3 Å². The van der Waals surface area contributed by atoms with Gasteiger partial charge in [0.1, 0.15) is 11.5 Å². The number of fused-ring (bicyclic) bond motifs is 1. The molecule has 0 amide bonds. The average molecular weight is 375 g/mol. The molecular weight excluding hydrogens is 352 g/mol. The minimum atomic E-state index is -1.07. The van der Waals surface area contributed by atoms with Crippen molar-refractivity contribution in [3.63, 3.8) is 0 Å². The molecule has 1 aliphatic heterocycles. The summed E-state index contributed by atoms with van der Waals surface area (Å²) in [6, 6.07) is 2.99. The van der Waals surface area contributed by atoms with Crippen molar-refractivity contribution in [3.8, 4) is 11.5 Å². The molecule has 0 aliphatic carbocycles. The van der Waals surface area contributed by atoms with E-state index in [1.54, 1.807) is 0 Å². The first-order valence-corrected chi connectivity index (χ1v) is 11.7. The molecule has 0 atom stereocenters. The molecule has 0 aromatic heterocycles. The number of halogens is 1. The molecule has 1 aliphatic rings. The second kappa shape index (κ2) is 7.13. The first kappa shape index (κ1) is 16.8. The van der Waals surface area contributed by atoms with Gasteiger partial charge in [-0.1, -0.05) is 19.6 Å². The minimum absolute atomic E-state index is 0.0515. The molecule has 1 aromatic rings. The van der Waals surface area contributed by atoms with Crippen LogP contribution in [0.4, 0.5) is 0 Å². The fraction of sp³-hybridized carbons (Fsp3) is 0.600. The third-order valence-electron chi connectivity index (χ3n) is 3.42. The summed E-state index contributed by atoms with van der Waals surface area (Å²) in [4.78, 5) is 0. The van der Waals surface area contributed by atoms with Crippen molar-refractivity contribution in [2.45, 2.75) is 38.7 Å². The van der Waals surface area contributed by atoms with Gasteiger partial charge in [0.2, 0.25) is 0 Å². The molecule has 0 radical (unpaired) electrons. The SMILES string of the molecule is C[Si](C)(C)CCOCOc1c(Br)c(CO)cc2c1CCO2. The van der Waals surface area contributed by atoms with Crippen LogP contribution < -0.4 is 9.47 Å². The molecule has 2 rings (SSSR count). The second-order valence-electron chi connectivity index (χ2n) is 6.39. The van der Waals surface area contributed by atoms with Gasteiger partial charge in [-0.3, -0.25) is 0 Å². The van der Waals surface area contributed by atoms with E-state index < -0.39 is 8.07 Å². The number of ether oxygens (including phenoxy) is 3. The van der Waals surface area contributed by atoms with E-state index >= 15 is 0 Å². The standard InChI is InChI=1S/C15H23BrO4Si/c1-21(2,3)7-6-18-10-20-15-12-4-5-19-13(12)8-11(9-17)14(15)16/h8,17H,4-7,9-10H2,1-3H3. The Hall–Kier alpha value is -0.563. The Morgan fingerprint density at radius 2 is 2.14 bits per heavy atom. The number of hydrogen-bond donors (Lipinski definition) is 1. The molecule has 0 fully saturated rings. The zero-order valence-electron chi connectivity index (χ0n) is 12.9. The van der Waals surface area contributed by atoms with Crippen molar-refractivity contribution in [3.05, 3.63) is 21.7 Å². The topological polar surface area (TPSA) is 47.9 Å². The Balaban J connectivity index is 1.98. The van der Waals surface area contributed by atoms with E-state index in [1.807, 2.05) is 6.07 Å². The molecule has 1 N–H and O–H groups in total. The fourth-order valence-corrected chi connectivity index (χ4v) is 3.48. The van der Waals surface area contributed by atoms with Crippen LogP contribution in [-0.4, -0.2) is 33.2 Å². The van der Waals surface area contributed by atoms with Crippen LogP contribution in [0.3, 0.4) is 0 Å². The van der Waals surface area contributed by atoms with Crippen LogP contribution in [0.25, 0.3) is 0 Å². The second-order valence-corrected chi connectivity index (χ2v) is 12.8. The highest BCUT2D eigenvalue weighted by Gasteiger charge is 2.23. The maximum absolute atomic E-state index is 9.41. The quantitative estimate of drug-likeness (QED) is 0.450. The van der Waals surface area contributed by atoms with Crippen LogP contribution in [0.2, 0.25) is 25.7 Å². The number of rotatable bonds is 7. The van der Waals surface area contributed by atoms with E-state index in [0.717, 1.165) is 46.2 Å². The normalized spacial score (nSPS) is 14.0. The van der Waals surface area contributed by atoms with Crippen LogP contribution in [0.1, 0.15) is 11.1 Å². The Morgan fingerprint density at radius 3 is 2.81 bits per heavy atom. The van der Waals surface area contributed by atoms with Gasteiger partial charge >= 0.3 is 0 Å². The van der Waals surface area contributed by atoms with E-state index in [4.69, 9.17) is 14.2 Å². The van der Waals surface area contributed by atoms with Gasteiger partial charge in [-0.2, -0.15) is 0 Å². The van der Waals surface area contributed by atoms with Crippen molar-refractivity contribution in [2.24, 2.45) is 0 Å². The molecule has 118 valence electrons. The van der Waals surface area contributed by atoms with Crippen LogP contribution >= 0.6 is 15.9 Å². The van der Waals surface area contributed by atoms with E-state index in [-0.39, 0.29) is 13.4 Å². The highest BCUT2D eigenvalue weighted by atomic mass is 79.9. The molecule has 4 nitrogen and oxygen atoms in total. The predicted octanol–water partition coefficient (Wildman–Crippen LogP) is 3.57. The number of aliphatic hydroxyl groups is 1. The third-order valence-corrected chi connectivity index (χ3v) is 5.99. The summed E-state index contributed by atoms with van der Waals surface area (Å²) in [5.41, 5.74) is 1.82. The summed E-state index contributed by atoms with van der Waals surface area (Å²) in [5.74, 6) is 1.54. The first-order chi connectivity index (χ1) is 9.92. The lowest BCUT2D eigenvalue weighted by molar-refractivity contribution is 0.0210. The summed E-state index contributed by atoms with van der Waals surface area (Å²) in [6.45, 7) is 8.53. The predicted molar refractivity (Wildman–Crippen MR) is 88.9 cm³/mol. The monoisotopic (exact) mass is 374 g/mol. The molecule has 1 aromatic carbocycles. The zero-order chi connectivity index (χ0) is 15.5. The Morgan fingerprint density at radius 1 is 1.38 bits per heavy atom. The number of benzene rings is 1. The van der Waals surface area contributed by atoms with E-state index in [9.17, 15) is 5.11 Å². The smallest absolute Gasteiger partial charge is 0.189 e. The number of hydrogen-bond acceptors (Lipinski definition) is 4. The van der Waals surface area contributed by atoms with E-state index in [0.29, 0.717) is 6.61 Å². The van der Waals surface area contributed by atoms with Crippen LogP contribution in [0.5, 0.6) is 11.5 Å². The third kappa shape index (κ3) is 4.45. The molecule has 1 heterocycles. The molecule has 0 saturated heterocycles. The minimum Gasteiger partial charge on any atom is -0.493 e. The van der Waals surface area contributed by atoms with Gasteiger partial charge in [0.15, 0.2) is 6.79 Å². The number of aliphatic hydroxyl groups excluding tert-OH is 1. The molecule has 0 saturated carbocycles. The van der Waals surface area contributed by atoms with E-state index in [1.165, 1.54) is 0 Å².